The van der Waals surface area contributed by atoms with Gasteiger partial charge in [-0.25, -0.2) is 0 Å². The molecule has 0 fully saturated rings. The Hall–Kier alpha value is 0.230. The van der Waals surface area contributed by atoms with Crippen LogP contribution in [0, 0.1) is 0 Å². The number of rotatable bonds is 4. The second-order valence-electron chi connectivity index (χ2n) is 4.40. The highest BCUT2D eigenvalue weighted by atomic mass is 79.9. The van der Waals surface area contributed by atoms with Gasteiger partial charge in [0.05, 0.1) is 20.1 Å². The zero-order valence-corrected chi connectivity index (χ0v) is 17.1. The standard InChI is InChI=1S/C15H8Br2Cl4O/c16-5-7-1-3-9(13(20)11(7)18)15(22)10-4-2-8(6-17)12(19)14(10)21/h1-4H,5-6H2. The van der Waals surface area contributed by atoms with E-state index in [1.54, 1.807) is 24.3 Å². The summed E-state index contributed by atoms with van der Waals surface area (Å²) < 4.78 is 0. The summed E-state index contributed by atoms with van der Waals surface area (Å²) >= 11 is 31.4. The Balaban J connectivity index is 2.54. The summed E-state index contributed by atoms with van der Waals surface area (Å²) in [5, 5.41) is 2.21. The normalized spacial score (nSPS) is 10.8. The van der Waals surface area contributed by atoms with Crippen molar-refractivity contribution in [3.63, 3.8) is 0 Å². The number of carbonyl (C=O) groups is 1. The summed E-state index contributed by atoms with van der Waals surface area (Å²) in [4.78, 5) is 12.7. The molecule has 0 aromatic heterocycles. The molecule has 0 amide bonds. The summed E-state index contributed by atoms with van der Waals surface area (Å²) in [6.07, 6.45) is 0. The van der Waals surface area contributed by atoms with Crippen molar-refractivity contribution in [2.75, 3.05) is 0 Å². The molecule has 1 nitrogen and oxygen atoms in total. The van der Waals surface area contributed by atoms with Gasteiger partial charge in [0.25, 0.3) is 0 Å². The maximum absolute atomic E-state index is 12.7. The van der Waals surface area contributed by atoms with Gasteiger partial charge in [-0.3, -0.25) is 4.79 Å². The van der Waals surface area contributed by atoms with Crippen LogP contribution in [-0.2, 0) is 10.7 Å². The first-order chi connectivity index (χ1) is 10.4. The first-order valence-electron chi connectivity index (χ1n) is 6.02. The summed E-state index contributed by atoms with van der Waals surface area (Å²) in [7, 11) is 0. The van der Waals surface area contributed by atoms with Crippen LogP contribution < -0.4 is 0 Å². The van der Waals surface area contributed by atoms with Crippen LogP contribution in [0.5, 0.6) is 0 Å². The van der Waals surface area contributed by atoms with E-state index >= 15 is 0 Å². The molecule has 0 aliphatic heterocycles. The number of alkyl halides is 2. The molecule has 0 saturated carbocycles. The molecule has 0 unspecified atom stereocenters. The van der Waals surface area contributed by atoms with E-state index in [1.165, 1.54) is 0 Å². The third-order valence-corrected chi connectivity index (χ3v) is 6.15. The predicted molar refractivity (Wildman–Crippen MR) is 102 cm³/mol. The van der Waals surface area contributed by atoms with Crippen molar-refractivity contribution in [1.82, 2.24) is 0 Å². The van der Waals surface area contributed by atoms with Gasteiger partial charge in [-0.2, -0.15) is 0 Å². The van der Waals surface area contributed by atoms with Crippen molar-refractivity contribution >= 4 is 84.0 Å². The zero-order chi connectivity index (χ0) is 16.4. The number of halogens is 6. The molecule has 0 heterocycles. The highest BCUT2D eigenvalue weighted by molar-refractivity contribution is 9.08. The van der Waals surface area contributed by atoms with E-state index in [0.29, 0.717) is 31.8 Å². The van der Waals surface area contributed by atoms with Gasteiger partial charge in [0.15, 0.2) is 5.78 Å². The van der Waals surface area contributed by atoms with Crippen LogP contribution in [0.2, 0.25) is 20.1 Å². The number of carbonyl (C=O) groups excluding carboxylic acids is 1. The van der Waals surface area contributed by atoms with Crippen molar-refractivity contribution < 1.29 is 4.79 Å². The minimum absolute atomic E-state index is 0.209. The average molecular weight is 506 g/mol. The molecular formula is C15H8Br2Cl4O. The Kier molecular flexibility index (Phi) is 6.64. The predicted octanol–water partition coefficient (Wildman–Crippen LogP) is 7.32. The average Bonchev–Trinajstić information content (AvgIpc) is 2.52. The molecule has 22 heavy (non-hydrogen) atoms. The lowest BCUT2D eigenvalue weighted by molar-refractivity contribution is 0.103. The highest BCUT2D eigenvalue weighted by Crippen LogP contribution is 2.36. The molecule has 7 heteroatoms. The van der Waals surface area contributed by atoms with E-state index in [-0.39, 0.29) is 15.8 Å². The van der Waals surface area contributed by atoms with Gasteiger partial charge >= 0.3 is 0 Å². The Morgan fingerprint density at radius 2 is 1.09 bits per heavy atom. The molecule has 0 saturated heterocycles. The molecule has 0 bridgehead atoms. The number of benzene rings is 2. The van der Waals surface area contributed by atoms with Gasteiger partial charge in [0.1, 0.15) is 0 Å². The molecule has 2 rings (SSSR count). The number of hydrogen-bond donors (Lipinski definition) is 0. The Labute approximate surface area is 165 Å². The molecule has 0 radical (unpaired) electrons. The van der Waals surface area contributed by atoms with Crippen molar-refractivity contribution in [3.8, 4) is 0 Å². The Morgan fingerprint density at radius 3 is 1.41 bits per heavy atom. The molecule has 2 aromatic carbocycles. The topological polar surface area (TPSA) is 17.1 Å². The molecule has 0 N–H and O–H groups in total. The Morgan fingerprint density at radius 1 is 0.727 bits per heavy atom. The Bertz CT molecular complexity index is 685. The highest BCUT2D eigenvalue weighted by Gasteiger charge is 2.21. The second kappa shape index (κ2) is 7.87. The lowest BCUT2D eigenvalue weighted by Crippen LogP contribution is -2.05. The van der Waals surface area contributed by atoms with Crippen LogP contribution in [0.1, 0.15) is 27.0 Å². The molecule has 116 valence electrons. The minimum atomic E-state index is -0.318. The lowest BCUT2D eigenvalue weighted by Gasteiger charge is -2.11. The van der Waals surface area contributed by atoms with Gasteiger partial charge < -0.3 is 0 Å². The summed E-state index contributed by atoms with van der Waals surface area (Å²) in [6, 6.07) is 6.77. The maximum Gasteiger partial charge on any atom is 0.196 e. The fraction of sp³-hybridized carbons (Fsp3) is 0.133. The van der Waals surface area contributed by atoms with Crippen molar-refractivity contribution in [2.45, 2.75) is 10.7 Å². The van der Waals surface area contributed by atoms with Crippen molar-refractivity contribution in [2.24, 2.45) is 0 Å². The third-order valence-electron chi connectivity index (χ3n) is 3.10. The number of ketones is 1. The van der Waals surface area contributed by atoms with Crippen LogP contribution in [0.4, 0.5) is 0 Å². The van der Waals surface area contributed by atoms with E-state index in [2.05, 4.69) is 31.9 Å². The lowest BCUT2D eigenvalue weighted by atomic mass is 10.0. The third kappa shape index (κ3) is 3.50. The van der Waals surface area contributed by atoms with Gasteiger partial charge in [-0.1, -0.05) is 90.4 Å². The van der Waals surface area contributed by atoms with Crippen LogP contribution in [-0.4, -0.2) is 5.78 Å². The fourth-order valence-corrected chi connectivity index (χ4v) is 4.14. The smallest absolute Gasteiger partial charge is 0.196 e. The zero-order valence-electron chi connectivity index (χ0n) is 10.9. The van der Waals surface area contributed by atoms with E-state index < -0.39 is 0 Å². The van der Waals surface area contributed by atoms with Gasteiger partial charge in [0.2, 0.25) is 0 Å². The molecular weight excluding hydrogens is 498 g/mol. The molecule has 2 aromatic rings. The second-order valence-corrected chi connectivity index (χ2v) is 7.03. The molecule has 0 atom stereocenters. The number of hydrogen-bond acceptors (Lipinski definition) is 1. The van der Waals surface area contributed by atoms with E-state index in [4.69, 9.17) is 46.4 Å². The SMILES string of the molecule is O=C(c1ccc(CBr)c(Cl)c1Cl)c1ccc(CBr)c(Cl)c1Cl. The van der Waals surface area contributed by atoms with Gasteiger partial charge in [0, 0.05) is 21.8 Å². The largest absolute Gasteiger partial charge is 0.288 e. The quantitative estimate of drug-likeness (QED) is 0.314. The fourth-order valence-electron chi connectivity index (χ4n) is 1.88. The molecule has 0 aliphatic rings. The summed E-state index contributed by atoms with van der Waals surface area (Å²) in [6.45, 7) is 0. The van der Waals surface area contributed by atoms with Crippen LogP contribution >= 0.6 is 78.3 Å². The van der Waals surface area contributed by atoms with E-state index in [0.717, 1.165) is 11.1 Å². The monoisotopic (exact) mass is 502 g/mol. The molecule has 0 aliphatic carbocycles. The summed E-state index contributed by atoms with van der Waals surface area (Å²) in [5.74, 6) is -0.318. The van der Waals surface area contributed by atoms with Crippen LogP contribution in [0.3, 0.4) is 0 Å². The summed E-state index contributed by atoms with van der Waals surface area (Å²) in [5.41, 5.74) is 2.20. The minimum Gasteiger partial charge on any atom is -0.288 e. The van der Waals surface area contributed by atoms with Gasteiger partial charge in [-0.05, 0) is 23.3 Å². The van der Waals surface area contributed by atoms with Crippen LogP contribution in [0.25, 0.3) is 0 Å². The van der Waals surface area contributed by atoms with Crippen molar-refractivity contribution in [3.05, 3.63) is 66.6 Å². The van der Waals surface area contributed by atoms with Crippen molar-refractivity contribution in [1.29, 1.82) is 0 Å². The molecule has 0 spiro atoms. The maximum atomic E-state index is 12.7. The first kappa shape index (κ1) is 18.6. The van der Waals surface area contributed by atoms with E-state index in [9.17, 15) is 4.79 Å². The van der Waals surface area contributed by atoms with Crippen LogP contribution in [0.15, 0.2) is 24.3 Å². The first-order valence-corrected chi connectivity index (χ1v) is 9.78. The van der Waals surface area contributed by atoms with E-state index in [1.807, 2.05) is 0 Å². The van der Waals surface area contributed by atoms with Gasteiger partial charge in [-0.15, -0.1) is 0 Å².